The molecule has 9 nitrogen and oxygen atoms in total. The molecule has 1 fully saturated rings. The molecular weight excluding hydrogens is 410 g/mol. The molecule has 1 aliphatic carbocycles. The molecule has 1 saturated carbocycles. The average Bonchev–Trinajstić information content (AvgIpc) is 2.96. The molecule has 0 saturated heterocycles. The molecule has 4 atom stereocenters. The van der Waals surface area contributed by atoms with Gasteiger partial charge in [0.25, 0.3) is 0 Å². The van der Waals surface area contributed by atoms with Crippen LogP contribution in [-0.2, 0) is 0 Å². The topological polar surface area (TPSA) is 147 Å². The summed E-state index contributed by atoms with van der Waals surface area (Å²) in [6, 6.07) is 2.96. The normalized spacial score (nSPS) is 23.0. The summed E-state index contributed by atoms with van der Waals surface area (Å²) in [5.41, 5.74) is 7.39. The van der Waals surface area contributed by atoms with Crippen molar-refractivity contribution in [2.75, 3.05) is 24.3 Å². The summed E-state index contributed by atoms with van der Waals surface area (Å²) in [7, 11) is 0. The third-order valence-electron chi connectivity index (χ3n) is 4.92. The third kappa shape index (κ3) is 4.74. The minimum atomic E-state index is -1.09. The van der Waals surface area contributed by atoms with E-state index in [1.54, 1.807) is 12.1 Å². The van der Waals surface area contributed by atoms with Gasteiger partial charge in [-0.2, -0.15) is 9.97 Å². The molecule has 0 aromatic carbocycles. The zero-order valence-electron chi connectivity index (χ0n) is 16.6. The first-order valence-corrected chi connectivity index (χ1v) is 9.90. The zero-order chi connectivity index (χ0) is 21.8. The van der Waals surface area contributed by atoms with Crippen molar-refractivity contribution < 1.29 is 20.1 Å². The van der Waals surface area contributed by atoms with Crippen molar-refractivity contribution in [3.63, 3.8) is 0 Å². The van der Waals surface area contributed by atoms with Crippen LogP contribution in [0, 0.1) is 24.7 Å². The van der Waals surface area contributed by atoms with E-state index >= 15 is 0 Å². The number of nitrogen functional groups attached to an aromatic ring is 1. The van der Waals surface area contributed by atoms with E-state index in [1.165, 1.54) is 0 Å². The van der Waals surface area contributed by atoms with Crippen LogP contribution < -0.4 is 15.8 Å². The molecule has 1 aliphatic rings. The summed E-state index contributed by atoms with van der Waals surface area (Å²) in [5.74, 6) is 6.20. The van der Waals surface area contributed by atoms with Gasteiger partial charge in [-0.05, 0) is 26.3 Å². The van der Waals surface area contributed by atoms with E-state index < -0.39 is 24.2 Å². The second kappa shape index (κ2) is 9.45. The second-order valence-corrected chi connectivity index (χ2v) is 7.33. The maximum atomic E-state index is 10.3. The van der Waals surface area contributed by atoms with Gasteiger partial charge in [-0.3, -0.25) is 0 Å². The van der Waals surface area contributed by atoms with E-state index in [0.717, 1.165) is 0 Å². The van der Waals surface area contributed by atoms with Crippen molar-refractivity contribution in [1.29, 1.82) is 0 Å². The Bertz CT molecular complexity index is 978. The van der Waals surface area contributed by atoms with Crippen LogP contribution in [0.2, 0.25) is 5.15 Å². The van der Waals surface area contributed by atoms with E-state index in [1.807, 2.05) is 13.8 Å². The van der Waals surface area contributed by atoms with Crippen LogP contribution in [0.3, 0.4) is 0 Å². The van der Waals surface area contributed by atoms with Crippen LogP contribution in [0.5, 0.6) is 5.88 Å². The molecule has 160 valence electrons. The van der Waals surface area contributed by atoms with Crippen molar-refractivity contribution in [3.8, 4) is 17.7 Å². The lowest BCUT2D eigenvalue weighted by Crippen LogP contribution is -2.35. The van der Waals surface area contributed by atoms with Crippen LogP contribution in [0.25, 0.3) is 0 Å². The Hall–Kier alpha value is -2.64. The van der Waals surface area contributed by atoms with Crippen molar-refractivity contribution in [2.24, 2.45) is 5.92 Å². The molecule has 0 amide bonds. The van der Waals surface area contributed by atoms with E-state index in [-0.39, 0.29) is 23.5 Å². The number of aliphatic hydroxyl groups is 3. The molecule has 2 heterocycles. The molecule has 6 N–H and O–H groups in total. The largest absolute Gasteiger partial charge is 0.478 e. The van der Waals surface area contributed by atoms with Crippen LogP contribution in [0.15, 0.2) is 12.1 Å². The third-order valence-corrected chi connectivity index (χ3v) is 5.19. The minimum absolute atomic E-state index is 0.0563. The Morgan fingerprint density at radius 3 is 2.63 bits per heavy atom. The number of anilines is 2. The molecule has 0 unspecified atom stereocenters. The van der Waals surface area contributed by atoms with Crippen molar-refractivity contribution in [1.82, 2.24) is 15.0 Å². The van der Waals surface area contributed by atoms with Gasteiger partial charge in [-0.25, -0.2) is 4.98 Å². The highest BCUT2D eigenvalue weighted by molar-refractivity contribution is 6.31. The number of hydrogen-bond acceptors (Lipinski definition) is 9. The van der Waals surface area contributed by atoms with Gasteiger partial charge in [0.1, 0.15) is 17.5 Å². The molecule has 2 aromatic rings. The number of nitrogens with one attached hydrogen (secondary N) is 1. The highest BCUT2D eigenvalue weighted by Crippen LogP contribution is 2.30. The molecule has 30 heavy (non-hydrogen) atoms. The molecule has 0 radical (unpaired) electrons. The predicted molar refractivity (Wildman–Crippen MR) is 112 cm³/mol. The van der Waals surface area contributed by atoms with E-state index in [0.29, 0.717) is 35.7 Å². The quantitative estimate of drug-likeness (QED) is 0.340. The Morgan fingerprint density at radius 2 is 2.00 bits per heavy atom. The lowest BCUT2D eigenvalue weighted by atomic mass is 10.1. The Morgan fingerprint density at radius 1 is 1.23 bits per heavy atom. The van der Waals surface area contributed by atoms with E-state index in [4.69, 9.17) is 22.1 Å². The summed E-state index contributed by atoms with van der Waals surface area (Å²) in [6.45, 7) is 3.98. The van der Waals surface area contributed by atoms with Crippen molar-refractivity contribution in [3.05, 3.63) is 34.1 Å². The first-order chi connectivity index (χ1) is 14.3. The second-order valence-electron chi connectivity index (χ2n) is 6.97. The van der Waals surface area contributed by atoms with Gasteiger partial charge < -0.3 is 31.1 Å². The highest BCUT2D eigenvalue weighted by Gasteiger charge is 2.41. The van der Waals surface area contributed by atoms with E-state index in [2.05, 4.69) is 32.1 Å². The van der Waals surface area contributed by atoms with Gasteiger partial charge in [0.05, 0.1) is 24.4 Å². The number of aliphatic hydroxyl groups excluding tert-OH is 3. The van der Waals surface area contributed by atoms with Gasteiger partial charge in [0.15, 0.2) is 5.15 Å². The predicted octanol–water partition coefficient (Wildman–Crippen LogP) is 0.729. The maximum absolute atomic E-state index is 10.3. The Labute approximate surface area is 179 Å². The van der Waals surface area contributed by atoms with Gasteiger partial charge in [-0.1, -0.05) is 23.4 Å². The monoisotopic (exact) mass is 433 g/mol. The number of ether oxygens (including phenoxy) is 1. The molecule has 10 heteroatoms. The fourth-order valence-electron chi connectivity index (χ4n) is 3.32. The molecule has 0 bridgehead atoms. The summed E-state index contributed by atoms with van der Waals surface area (Å²) in [6.07, 6.45) is -1.79. The zero-order valence-corrected chi connectivity index (χ0v) is 17.4. The van der Waals surface area contributed by atoms with Crippen LogP contribution >= 0.6 is 11.6 Å². The number of nitrogens with zero attached hydrogens (tertiary/aromatic N) is 3. The first-order valence-electron chi connectivity index (χ1n) is 9.53. The van der Waals surface area contributed by atoms with Crippen LogP contribution in [-0.4, -0.2) is 61.7 Å². The van der Waals surface area contributed by atoms with Crippen LogP contribution in [0.1, 0.15) is 30.2 Å². The molecule has 3 rings (SSSR count). The van der Waals surface area contributed by atoms with Crippen LogP contribution in [0.4, 0.5) is 11.8 Å². The number of aromatic nitrogens is 3. The molecule has 0 aliphatic heterocycles. The van der Waals surface area contributed by atoms with Crippen molar-refractivity contribution in [2.45, 2.75) is 38.5 Å². The Balaban J connectivity index is 1.91. The van der Waals surface area contributed by atoms with Gasteiger partial charge in [0.2, 0.25) is 11.8 Å². The number of halogens is 1. The molecular formula is C20H24ClN5O4. The van der Waals surface area contributed by atoms with Gasteiger partial charge in [-0.15, -0.1) is 0 Å². The standard InChI is InChI=1S/C20H24ClN5O4/c1-3-30-15-7-5-11(10(2)23-15)4-6-13-18(21)25-20(22)26-19(13)24-14-8-12(9-27)16(28)17(14)29/h5,7,12,14,16-17,27-29H,3,8-9H2,1-2H3,(H3,22,24,25,26)/t12-,14-,16-,17+/m1/s1. The summed E-state index contributed by atoms with van der Waals surface area (Å²) in [4.78, 5) is 12.5. The number of hydrogen-bond donors (Lipinski definition) is 5. The van der Waals surface area contributed by atoms with Crippen molar-refractivity contribution >= 4 is 23.4 Å². The Kier molecular flexibility index (Phi) is 6.95. The summed E-state index contributed by atoms with van der Waals surface area (Å²) < 4.78 is 5.38. The fraction of sp³-hybridized carbons (Fsp3) is 0.450. The number of pyridine rings is 1. The SMILES string of the molecule is CCOc1ccc(C#Cc2c(Cl)nc(N)nc2N[C@@H]2C[C@H](CO)[C@@H](O)[C@H]2O)c(C)n1. The van der Waals surface area contributed by atoms with Gasteiger partial charge in [0, 0.05) is 24.2 Å². The smallest absolute Gasteiger partial charge is 0.223 e. The lowest BCUT2D eigenvalue weighted by molar-refractivity contribution is 0.00445. The molecule has 0 spiro atoms. The average molecular weight is 434 g/mol. The maximum Gasteiger partial charge on any atom is 0.223 e. The minimum Gasteiger partial charge on any atom is -0.478 e. The number of aryl methyl sites for hydroxylation is 1. The summed E-state index contributed by atoms with van der Waals surface area (Å²) in [5, 5.41) is 32.8. The van der Waals surface area contributed by atoms with E-state index in [9.17, 15) is 15.3 Å². The number of rotatable bonds is 5. The lowest BCUT2D eigenvalue weighted by Gasteiger charge is -2.19. The first kappa shape index (κ1) is 22.1. The molecule has 2 aromatic heterocycles. The highest BCUT2D eigenvalue weighted by atomic mass is 35.5. The van der Waals surface area contributed by atoms with Gasteiger partial charge >= 0.3 is 0 Å². The summed E-state index contributed by atoms with van der Waals surface area (Å²) >= 11 is 6.25. The number of nitrogens with two attached hydrogens (primary N) is 1. The fourth-order valence-corrected chi connectivity index (χ4v) is 3.54.